The molecule has 0 spiro atoms. The van der Waals surface area contributed by atoms with Gasteiger partial charge in [0.2, 0.25) is 0 Å². The fraction of sp³-hybridized carbons (Fsp3) is 0.125. The van der Waals surface area contributed by atoms with Crippen molar-refractivity contribution in [3.05, 3.63) is 33.5 Å². The summed E-state index contributed by atoms with van der Waals surface area (Å²) in [4.78, 5) is 3.98. The lowest BCUT2D eigenvalue weighted by atomic mass is 10.5. The van der Waals surface area contributed by atoms with E-state index in [1.54, 1.807) is 18.3 Å². The van der Waals surface area contributed by atoms with Crippen LogP contribution in [0.15, 0.2) is 33.5 Å². The standard InChI is InChI=1S/C8H6BrCl2NO/c9-8-7(2-1-3-12-8)13-5-6(11)4-10/h1-4H,5H2. The number of ether oxygens (including phenoxy) is 1. The molecule has 1 aromatic rings. The van der Waals surface area contributed by atoms with Crippen LogP contribution < -0.4 is 4.74 Å². The van der Waals surface area contributed by atoms with Crippen molar-refractivity contribution in [2.24, 2.45) is 0 Å². The van der Waals surface area contributed by atoms with Gasteiger partial charge in [0.05, 0.1) is 5.03 Å². The van der Waals surface area contributed by atoms with Gasteiger partial charge in [-0.15, -0.1) is 0 Å². The van der Waals surface area contributed by atoms with Crippen molar-refractivity contribution in [1.29, 1.82) is 0 Å². The quantitative estimate of drug-likeness (QED) is 0.791. The van der Waals surface area contributed by atoms with E-state index in [2.05, 4.69) is 20.9 Å². The number of nitrogens with zero attached hydrogens (tertiary/aromatic N) is 1. The Morgan fingerprint density at radius 1 is 1.69 bits per heavy atom. The molecule has 70 valence electrons. The molecule has 0 radical (unpaired) electrons. The van der Waals surface area contributed by atoms with E-state index in [1.807, 2.05) is 0 Å². The normalized spacial score (nSPS) is 11.5. The Kier molecular flexibility index (Phi) is 4.56. The predicted octanol–water partition coefficient (Wildman–Crippen LogP) is 3.54. The molecule has 0 N–H and O–H groups in total. The zero-order chi connectivity index (χ0) is 9.68. The largest absolute Gasteiger partial charge is 0.485 e. The van der Waals surface area contributed by atoms with E-state index in [4.69, 9.17) is 27.9 Å². The van der Waals surface area contributed by atoms with Crippen LogP contribution in [0.25, 0.3) is 0 Å². The lowest BCUT2D eigenvalue weighted by Gasteiger charge is -2.05. The van der Waals surface area contributed by atoms with E-state index in [9.17, 15) is 0 Å². The Labute approximate surface area is 94.6 Å². The first-order valence-corrected chi connectivity index (χ1v) is 5.03. The van der Waals surface area contributed by atoms with E-state index >= 15 is 0 Å². The molecule has 0 aromatic carbocycles. The molecule has 13 heavy (non-hydrogen) atoms. The van der Waals surface area contributed by atoms with Crippen molar-refractivity contribution in [2.45, 2.75) is 0 Å². The summed E-state index contributed by atoms with van der Waals surface area (Å²) >= 11 is 14.2. The maximum absolute atomic E-state index is 5.64. The Bertz CT molecular complexity index is 317. The number of hydrogen-bond donors (Lipinski definition) is 0. The Morgan fingerprint density at radius 2 is 2.46 bits per heavy atom. The summed E-state index contributed by atoms with van der Waals surface area (Å²) in [6.45, 7) is 0.245. The minimum Gasteiger partial charge on any atom is -0.485 e. The van der Waals surface area contributed by atoms with Crippen LogP contribution in [0.4, 0.5) is 0 Å². The number of pyridine rings is 1. The molecule has 0 saturated carbocycles. The molecule has 0 amide bonds. The summed E-state index contributed by atoms with van der Waals surface area (Å²) in [5.41, 5.74) is 1.27. The first-order valence-electron chi connectivity index (χ1n) is 3.42. The molecule has 1 aromatic heterocycles. The highest BCUT2D eigenvalue weighted by Crippen LogP contribution is 2.21. The predicted molar refractivity (Wildman–Crippen MR) is 57.2 cm³/mol. The molecule has 0 fully saturated rings. The summed E-state index contributed by atoms with van der Waals surface area (Å²) in [5.74, 6) is 0.638. The second-order valence-electron chi connectivity index (χ2n) is 2.14. The fourth-order valence-electron chi connectivity index (χ4n) is 0.657. The van der Waals surface area contributed by atoms with Crippen LogP contribution in [0.1, 0.15) is 0 Å². The zero-order valence-electron chi connectivity index (χ0n) is 6.51. The fourth-order valence-corrected chi connectivity index (χ4v) is 1.14. The number of halogens is 3. The molecule has 0 aliphatic heterocycles. The molecule has 0 aliphatic carbocycles. The first-order chi connectivity index (χ1) is 6.24. The molecule has 5 heteroatoms. The number of aromatic nitrogens is 1. The van der Waals surface area contributed by atoms with Gasteiger partial charge in [0.15, 0.2) is 5.75 Å². The minimum atomic E-state index is 0.245. The smallest absolute Gasteiger partial charge is 0.152 e. The van der Waals surface area contributed by atoms with Gasteiger partial charge in [-0.1, -0.05) is 23.2 Å². The molecule has 0 saturated heterocycles. The molecule has 2 nitrogen and oxygen atoms in total. The monoisotopic (exact) mass is 281 g/mol. The lowest BCUT2D eigenvalue weighted by molar-refractivity contribution is 0.355. The second-order valence-corrected chi connectivity index (χ2v) is 3.59. The highest BCUT2D eigenvalue weighted by Gasteiger charge is 2.00. The summed E-state index contributed by atoms with van der Waals surface area (Å²) in [5, 5.41) is 0.442. The van der Waals surface area contributed by atoms with Crippen molar-refractivity contribution >= 4 is 39.1 Å². The van der Waals surface area contributed by atoms with Crippen molar-refractivity contribution in [3.8, 4) is 5.75 Å². The highest BCUT2D eigenvalue weighted by molar-refractivity contribution is 9.10. The third kappa shape index (κ3) is 3.55. The molecule has 1 rings (SSSR count). The number of hydrogen-bond acceptors (Lipinski definition) is 2. The van der Waals surface area contributed by atoms with Gasteiger partial charge in [-0.05, 0) is 28.1 Å². The molecule has 0 bridgehead atoms. The van der Waals surface area contributed by atoms with Crippen LogP contribution in [-0.2, 0) is 0 Å². The Hall–Kier alpha value is -0.250. The molecule has 1 heterocycles. The Balaban J connectivity index is 2.60. The van der Waals surface area contributed by atoms with Crippen molar-refractivity contribution < 1.29 is 4.74 Å². The molecule has 0 aliphatic rings. The zero-order valence-corrected chi connectivity index (χ0v) is 9.60. The SMILES string of the molecule is ClC=C(Cl)COc1cccnc1Br. The summed E-state index contributed by atoms with van der Waals surface area (Å²) < 4.78 is 5.94. The summed E-state index contributed by atoms with van der Waals surface area (Å²) in [6.07, 6.45) is 1.66. The Morgan fingerprint density at radius 3 is 3.08 bits per heavy atom. The van der Waals surface area contributed by atoms with Crippen LogP contribution >= 0.6 is 39.1 Å². The average molecular weight is 283 g/mol. The van der Waals surface area contributed by atoms with Crippen LogP contribution in [-0.4, -0.2) is 11.6 Å². The number of rotatable bonds is 3. The molecule has 0 atom stereocenters. The van der Waals surface area contributed by atoms with Crippen molar-refractivity contribution in [1.82, 2.24) is 4.98 Å². The van der Waals surface area contributed by atoms with E-state index in [0.717, 1.165) is 0 Å². The summed E-state index contributed by atoms with van der Waals surface area (Å²) in [7, 11) is 0. The maximum atomic E-state index is 5.64. The average Bonchev–Trinajstić information content (AvgIpc) is 2.16. The molecular weight excluding hydrogens is 277 g/mol. The first kappa shape index (κ1) is 10.8. The lowest BCUT2D eigenvalue weighted by Crippen LogP contribution is -1.97. The van der Waals surface area contributed by atoms with Crippen LogP contribution in [0.2, 0.25) is 0 Å². The van der Waals surface area contributed by atoms with Gasteiger partial charge in [-0.3, -0.25) is 0 Å². The van der Waals surface area contributed by atoms with Gasteiger partial charge in [-0.25, -0.2) is 4.98 Å². The van der Waals surface area contributed by atoms with Crippen molar-refractivity contribution in [3.63, 3.8) is 0 Å². The van der Waals surface area contributed by atoms with Crippen LogP contribution in [0.5, 0.6) is 5.75 Å². The van der Waals surface area contributed by atoms with Gasteiger partial charge in [-0.2, -0.15) is 0 Å². The molecular formula is C8H6BrCl2NO. The maximum Gasteiger partial charge on any atom is 0.152 e. The van der Waals surface area contributed by atoms with Crippen molar-refractivity contribution in [2.75, 3.05) is 6.61 Å². The third-order valence-corrected chi connectivity index (χ3v) is 2.40. The van der Waals surface area contributed by atoms with E-state index in [-0.39, 0.29) is 6.61 Å². The van der Waals surface area contributed by atoms with E-state index < -0.39 is 0 Å². The van der Waals surface area contributed by atoms with Gasteiger partial charge < -0.3 is 4.74 Å². The van der Waals surface area contributed by atoms with E-state index in [1.165, 1.54) is 5.54 Å². The van der Waals surface area contributed by atoms with Crippen LogP contribution in [0.3, 0.4) is 0 Å². The van der Waals surface area contributed by atoms with Gasteiger partial charge in [0.25, 0.3) is 0 Å². The summed E-state index contributed by atoms with van der Waals surface area (Å²) in [6, 6.07) is 3.56. The van der Waals surface area contributed by atoms with Gasteiger partial charge in [0, 0.05) is 11.7 Å². The van der Waals surface area contributed by atoms with Gasteiger partial charge in [0.1, 0.15) is 11.2 Å². The second kappa shape index (κ2) is 5.47. The topological polar surface area (TPSA) is 22.1 Å². The van der Waals surface area contributed by atoms with Crippen LogP contribution in [0, 0.1) is 0 Å². The molecule has 0 unspecified atom stereocenters. The third-order valence-electron chi connectivity index (χ3n) is 1.21. The highest BCUT2D eigenvalue weighted by atomic mass is 79.9. The van der Waals surface area contributed by atoms with Gasteiger partial charge >= 0.3 is 0 Å². The minimum absolute atomic E-state index is 0.245. The van der Waals surface area contributed by atoms with E-state index in [0.29, 0.717) is 15.4 Å².